The molecule has 2 heterocycles. The van der Waals surface area contributed by atoms with E-state index in [0.29, 0.717) is 5.88 Å². The fourth-order valence-corrected chi connectivity index (χ4v) is 4.09. The second-order valence-corrected chi connectivity index (χ2v) is 6.70. The van der Waals surface area contributed by atoms with E-state index in [4.69, 9.17) is 4.74 Å². The number of fused-ring (bicyclic) bond motifs is 1. The number of hydrogen-bond donors (Lipinski definition) is 0. The molecule has 0 unspecified atom stereocenters. The number of hydrogen-bond acceptors (Lipinski definition) is 5. The average Bonchev–Trinajstić information content (AvgIpc) is 2.92. The van der Waals surface area contributed by atoms with Crippen molar-refractivity contribution < 1.29 is 4.74 Å². The fourth-order valence-electron chi connectivity index (χ4n) is 4.09. The largest absolute Gasteiger partial charge is 0.481 e. The predicted octanol–water partition coefficient (Wildman–Crippen LogP) is 1.90. The Morgan fingerprint density at radius 3 is 2.90 bits per heavy atom. The van der Waals surface area contributed by atoms with Crippen molar-refractivity contribution in [3.8, 4) is 5.88 Å². The van der Waals surface area contributed by atoms with Crippen molar-refractivity contribution in [2.45, 2.75) is 19.3 Å². The van der Waals surface area contributed by atoms with E-state index < -0.39 is 0 Å². The number of methoxy groups -OCH3 is 1. The van der Waals surface area contributed by atoms with Gasteiger partial charge in [-0.25, -0.2) is 9.97 Å². The van der Waals surface area contributed by atoms with Gasteiger partial charge in [-0.3, -0.25) is 0 Å². The van der Waals surface area contributed by atoms with E-state index >= 15 is 0 Å². The highest BCUT2D eigenvalue weighted by molar-refractivity contribution is 5.42. The second-order valence-electron chi connectivity index (χ2n) is 6.70. The molecular weight excluding hydrogens is 264 g/mol. The van der Waals surface area contributed by atoms with E-state index in [1.54, 1.807) is 13.4 Å². The Kier molecular flexibility index (Phi) is 4.29. The third-order valence-electron chi connectivity index (χ3n) is 5.01. The summed E-state index contributed by atoms with van der Waals surface area (Å²) < 4.78 is 5.22. The smallest absolute Gasteiger partial charge is 0.218 e. The van der Waals surface area contributed by atoms with Crippen LogP contribution in [0.1, 0.15) is 19.3 Å². The van der Waals surface area contributed by atoms with Crippen molar-refractivity contribution in [1.82, 2.24) is 14.9 Å². The van der Waals surface area contributed by atoms with Crippen molar-refractivity contribution in [2.24, 2.45) is 17.8 Å². The molecule has 1 aromatic rings. The molecule has 0 radical (unpaired) electrons. The molecular formula is C16H26N4O. The van der Waals surface area contributed by atoms with E-state index in [1.165, 1.54) is 25.8 Å². The number of ether oxygens (including phenoxy) is 1. The van der Waals surface area contributed by atoms with E-state index in [0.717, 1.165) is 36.7 Å². The minimum atomic E-state index is 0.653. The van der Waals surface area contributed by atoms with Crippen LogP contribution >= 0.6 is 0 Å². The number of nitrogens with zero attached hydrogens (tertiary/aromatic N) is 4. The van der Waals surface area contributed by atoms with Gasteiger partial charge in [-0.2, -0.15) is 0 Å². The van der Waals surface area contributed by atoms with Gasteiger partial charge >= 0.3 is 0 Å². The van der Waals surface area contributed by atoms with Crippen LogP contribution in [0.15, 0.2) is 12.4 Å². The molecule has 2 fully saturated rings. The summed E-state index contributed by atoms with van der Waals surface area (Å²) in [5, 5.41) is 0. The molecule has 3 rings (SSSR count). The van der Waals surface area contributed by atoms with Crippen LogP contribution in [-0.4, -0.2) is 55.7 Å². The number of aromatic nitrogens is 2. The zero-order chi connectivity index (χ0) is 14.8. The molecule has 2 aliphatic rings. The standard InChI is InChI=1S/C16H26N4O/c1-19(2)8-12-5-4-6-13-9-20(10-14(12)13)15-7-16(21-3)18-11-17-15/h7,11-14H,4-6,8-10H2,1-3H3/t12-,13+,14+/m0/s1. The van der Waals surface area contributed by atoms with Crippen LogP contribution in [0.3, 0.4) is 0 Å². The first kappa shape index (κ1) is 14.6. The third kappa shape index (κ3) is 3.12. The summed E-state index contributed by atoms with van der Waals surface area (Å²) >= 11 is 0. The van der Waals surface area contributed by atoms with Crippen LogP contribution < -0.4 is 9.64 Å². The number of anilines is 1. The molecule has 5 nitrogen and oxygen atoms in total. The van der Waals surface area contributed by atoms with Gasteiger partial charge < -0.3 is 14.5 Å². The van der Waals surface area contributed by atoms with Crippen molar-refractivity contribution in [1.29, 1.82) is 0 Å². The Labute approximate surface area is 127 Å². The average molecular weight is 290 g/mol. The first-order valence-electron chi connectivity index (χ1n) is 7.93. The van der Waals surface area contributed by atoms with Crippen molar-refractivity contribution >= 4 is 5.82 Å². The minimum Gasteiger partial charge on any atom is -0.481 e. The molecule has 21 heavy (non-hydrogen) atoms. The monoisotopic (exact) mass is 290 g/mol. The lowest BCUT2D eigenvalue weighted by atomic mass is 9.74. The van der Waals surface area contributed by atoms with E-state index in [2.05, 4.69) is 33.9 Å². The van der Waals surface area contributed by atoms with Crippen molar-refractivity contribution in [2.75, 3.05) is 45.7 Å². The van der Waals surface area contributed by atoms with E-state index in [9.17, 15) is 0 Å². The maximum Gasteiger partial charge on any atom is 0.218 e. The summed E-state index contributed by atoms with van der Waals surface area (Å²) in [6.45, 7) is 3.47. The van der Waals surface area contributed by atoms with Crippen molar-refractivity contribution in [3.05, 3.63) is 12.4 Å². The first-order valence-corrected chi connectivity index (χ1v) is 7.93. The minimum absolute atomic E-state index is 0.653. The topological polar surface area (TPSA) is 41.5 Å². The SMILES string of the molecule is COc1cc(N2C[C@H]3CCC[C@@H](CN(C)C)[C@H]3C2)ncn1. The fraction of sp³-hybridized carbons (Fsp3) is 0.750. The Bertz CT molecular complexity index is 479. The van der Waals surface area contributed by atoms with Gasteiger partial charge in [0.25, 0.3) is 0 Å². The molecule has 5 heteroatoms. The Hall–Kier alpha value is -1.36. The van der Waals surface area contributed by atoms with Gasteiger partial charge in [0.2, 0.25) is 5.88 Å². The van der Waals surface area contributed by atoms with Gasteiger partial charge in [0.05, 0.1) is 7.11 Å². The van der Waals surface area contributed by atoms with Gasteiger partial charge in [0, 0.05) is 25.7 Å². The van der Waals surface area contributed by atoms with Crippen LogP contribution in [0.4, 0.5) is 5.82 Å². The van der Waals surface area contributed by atoms with Gasteiger partial charge in [-0.1, -0.05) is 6.42 Å². The van der Waals surface area contributed by atoms with Crippen LogP contribution in [0.25, 0.3) is 0 Å². The van der Waals surface area contributed by atoms with E-state index in [1.807, 2.05) is 6.07 Å². The lowest BCUT2D eigenvalue weighted by molar-refractivity contribution is 0.160. The first-order chi connectivity index (χ1) is 10.2. The summed E-state index contributed by atoms with van der Waals surface area (Å²) in [7, 11) is 6.03. The summed E-state index contributed by atoms with van der Waals surface area (Å²) in [6.07, 6.45) is 5.72. The summed E-state index contributed by atoms with van der Waals surface area (Å²) in [5.41, 5.74) is 0. The van der Waals surface area contributed by atoms with Gasteiger partial charge in [-0.05, 0) is 44.7 Å². The van der Waals surface area contributed by atoms with E-state index in [-0.39, 0.29) is 0 Å². The Morgan fingerprint density at radius 2 is 2.14 bits per heavy atom. The highest BCUT2D eigenvalue weighted by atomic mass is 16.5. The third-order valence-corrected chi connectivity index (χ3v) is 5.01. The lowest BCUT2D eigenvalue weighted by Crippen LogP contribution is -2.34. The summed E-state index contributed by atoms with van der Waals surface area (Å²) in [6, 6.07) is 1.96. The molecule has 0 amide bonds. The normalized spacial score (nSPS) is 28.8. The molecule has 0 aromatic carbocycles. The molecule has 3 atom stereocenters. The molecule has 1 saturated carbocycles. The van der Waals surface area contributed by atoms with Crippen LogP contribution in [0.2, 0.25) is 0 Å². The van der Waals surface area contributed by atoms with Crippen LogP contribution in [0.5, 0.6) is 5.88 Å². The second kappa shape index (κ2) is 6.18. The molecule has 0 spiro atoms. The van der Waals surface area contributed by atoms with Gasteiger partial charge in [-0.15, -0.1) is 0 Å². The lowest BCUT2D eigenvalue weighted by Gasteiger charge is -2.34. The maximum absolute atomic E-state index is 5.22. The summed E-state index contributed by atoms with van der Waals surface area (Å²) in [5.74, 6) is 4.12. The summed E-state index contributed by atoms with van der Waals surface area (Å²) in [4.78, 5) is 13.3. The Balaban J connectivity index is 1.73. The van der Waals surface area contributed by atoms with Crippen LogP contribution in [-0.2, 0) is 0 Å². The molecule has 1 aromatic heterocycles. The zero-order valence-corrected chi connectivity index (χ0v) is 13.3. The van der Waals surface area contributed by atoms with Gasteiger partial charge in [0.15, 0.2) is 0 Å². The molecule has 1 aliphatic carbocycles. The molecule has 0 bridgehead atoms. The molecule has 116 valence electrons. The van der Waals surface area contributed by atoms with Gasteiger partial charge in [0.1, 0.15) is 12.1 Å². The predicted molar refractivity (Wildman–Crippen MR) is 83.7 cm³/mol. The molecule has 1 saturated heterocycles. The quantitative estimate of drug-likeness (QED) is 0.847. The van der Waals surface area contributed by atoms with Crippen LogP contribution in [0, 0.1) is 17.8 Å². The highest BCUT2D eigenvalue weighted by Gasteiger charge is 2.40. The molecule has 1 aliphatic heterocycles. The highest BCUT2D eigenvalue weighted by Crippen LogP contribution is 2.41. The number of rotatable bonds is 4. The zero-order valence-electron chi connectivity index (χ0n) is 13.3. The maximum atomic E-state index is 5.22. The molecule has 0 N–H and O–H groups in total. The Morgan fingerprint density at radius 1 is 1.29 bits per heavy atom. The van der Waals surface area contributed by atoms with Crippen molar-refractivity contribution in [3.63, 3.8) is 0 Å².